The molecule has 1 atom stereocenters. The third-order valence-corrected chi connectivity index (χ3v) is 4.09. The minimum atomic E-state index is -0.774. The van der Waals surface area contributed by atoms with E-state index in [1.54, 1.807) is 32.9 Å². The number of alkyl carbamates (subject to hydrolysis) is 1. The van der Waals surface area contributed by atoms with Crippen molar-refractivity contribution < 1.29 is 23.9 Å². The van der Waals surface area contributed by atoms with E-state index in [4.69, 9.17) is 9.47 Å². The molecule has 9 heteroatoms. The fourth-order valence-corrected chi connectivity index (χ4v) is 2.78. The summed E-state index contributed by atoms with van der Waals surface area (Å²) in [6.45, 7) is 5.36. The van der Waals surface area contributed by atoms with E-state index in [1.165, 1.54) is 0 Å². The highest BCUT2D eigenvalue weighted by Crippen LogP contribution is 2.23. The van der Waals surface area contributed by atoms with Crippen molar-refractivity contribution in [1.82, 2.24) is 10.3 Å². The second-order valence-electron chi connectivity index (χ2n) is 7.78. The Kier molecular flexibility index (Phi) is 6.20. The van der Waals surface area contributed by atoms with Crippen LogP contribution in [0.3, 0.4) is 0 Å². The van der Waals surface area contributed by atoms with Gasteiger partial charge < -0.3 is 20.1 Å². The normalized spacial score (nSPS) is 15.4. The number of hydrogen-bond acceptors (Lipinski definition) is 6. The summed E-state index contributed by atoms with van der Waals surface area (Å²) < 4.78 is 10.3. The van der Waals surface area contributed by atoms with Gasteiger partial charge in [-0.05, 0) is 38.0 Å². The Morgan fingerprint density at radius 3 is 2.57 bits per heavy atom. The summed E-state index contributed by atoms with van der Waals surface area (Å²) in [7, 11) is 0. The Balaban J connectivity index is 1.57. The van der Waals surface area contributed by atoms with Gasteiger partial charge in [0.05, 0.1) is 0 Å². The number of hydrogen-bond donors (Lipinski definition) is 3. The molecule has 0 fully saturated rings. The van der Waals surface area contributed by atoms with Crippen LogP contribution < -0.4 is 16.0 Å². The van der Waals surface area contributed by atoms with Crippen LogP contribution >= 0.6 is 0 Å². The summed E-state index contributed by atoms with van der Waals surface area (Å²) >= 11 is 0. The van der Waals surface area contributed by atoms with Gasteiger partial charge in [0.15, 0.2) is 0 Å². The van der Waals surface area contributed by atoms with Crippen LogP contribution in [0.1, 0.15) is 31.9 Å². The minimum Gasteiger partial charge on any atom is -0.444 e. The summed E-state index contributed by atoms with van der Waals surface area (Å²) in [6.07, 6.45) is -1.07. The smallest absolute Gasteiger partial charge is 0.413 e. The first-order chi connectivity index (χ1) is 14.2. The summed E-state index contributed by atoms with van der Waals surface area (Å²) in [4.78, 5) is 40.5. The lowest BCUT2D eigenvalue weighted by molar-refractivity contribution is -0.118. The zero-order chi connectivity index (χ0) is 21.7. The van der Waals surface area contributed by atoms with Crippen LogP contribution in [-0.4, -0.2) is 34.7 Å². The Hall–Kier alpha value is -3.62. The van der Waals surface area contributed by atoms with E-state index in [-0.39, 0.29) is 18.8 Å². The van der Waals surface area contributed by atoms with E-state index >= 15 is 0 Å². The van der Waals surface area contributed by atoms with Crippen molar-refractivity contribution in [3.8, 4) is 0 Å². The molecular weight excluding hydrogens is 388 g/mol. The Bertz CT molecular complexity index is 940. The van der Waals surface area contributed by atoms with Crippen LogP contribution in [0.25, 0.3) is 0 Å². The third kappa shape index (κ3) is 5.94. The quantitative estimate of drug-likeness (QED) is 0.710. The summed E-state index contributed by atoms with van der Waals surface area (Å²) in [5.41, 5.74) is 0.922. The number of aromatic nitrogens is 1. The molecule has 0 bridgehead atoms. The number of carbonyl (C=O) groups is 3. The molecule has 3 rings (SSSR count). The molecule has 0 aliphatic carbocycles. The number of carbonyl (C=O) groups excluding carboxylic acids is 3. The highest BCUT2D eigenvalue weighted by Gasteiger charge is 2.30. The van der Waals surface area contributed by atoms with Gasteiger partial charge in [-0.1, -0.05) is 36.4 Å². The van der Waals surface area contributed by atoms with Crippen molar-refractivity contribution in [2.75, 3.05) is 10.6 Å². The van der Waals surface area contributed by atoms with Crippen molar-refractivity contribution in [3.05, 3.63) is 53.6 Å². The maximum atomic E-state index is 12.3. The van der Waals surface area contributed by atoms with Gasteiger partial charge in [0, 0.05) is 6.42 Å². The van der Waals surface area contributed by atoms with Crippen LogP contribution in [0.15, 0.2) is 42.5 Å². The van der Waals surface area contributed by atoms with Gasteiger partial charge in [-0.25, -0.2) is 14.6 Å². The summed E-state index contributed by atoms with van der Waals surface area (Å²) in [5, 5.41) is 7.72. The molecule has 0 saturated carbocycles. The van der Waals surface area contributed by atoms with Gasteiger partial charge in [-0.3, -0.25) is 10.1 Å². The number of anilines is 2. The lowest BCUT2D eigenvalue weighted by atomic mass is 10.0. The van der Waals surface area contributed by atoms with Gasteiger partial charge in [0.25, 0.3) is 0 Å². The van der Waals surface area contributed by atoms with E-state index in [9.17, 15) is 14.4 Å². The molecule has 3 amide bonds. The van der Waals surface area contributed by atoms with Gasteiger partial charge in [0.1, 0.15) is 29.9 Å². The van der Waals surface area contributed by atoms with Crippen LogP contribution in [-0.2, 0) is 27.3 Å². The molecule has 0 spiro atoms. The minimum absolute atomic E-state index is 0.131. The van der Waals surface area contributed by atoms with Crippen molar-refractivity contribution in [1.29, 1.82) is 0 Å². The molecule has 0 radical (unpaired) electrons. The van der Waals surface area contributed by atoms with Gasteiger partial charge in [0.2, 0.25) is 5.91 Å². The molecule has 3 N–H and O–H groups in total. The molecule has 2 heterocycles. The molecule has 1 aliphatic heterocycles. The SMILES string of the molecule is CC(C)(C)OC(=O)NC1Cc2ccc(NC(=O)OCc3ccccc3)nc2NC1=O. The number of rotatable bonds is 4. The summed E-state index contributed by atoms with van der Waals surface area (Å²) in [6, 6.07) is 11.8. The Labute approximate surface area is 174 Å². The van der Waals surface area contributed by atoms with Crippen LogP contribution in [0, 0.1) is 0 Å². The number of fused-ring (bicyclic) bond motifs is 1. The first kappa shape index (κ1) is 21.1. The molecule has 1 aliphatic rings. The zero-order valence-corrected chi connectivity index (χ0v) is 17.0. The van der Waals surface area contributed by atoms with E-state index in [0.29, 0.717) is 5.82 Å². The Morgan fingerprint density at radius 2 is 1.87 bits per heavy atom. The number of nitrogens with one attached hydrogen (secondary N) is 3. The molecule has 1 aromatic heterocycles. The van der Waals surface area contributed by atoms with Crippen molar-refractivity contribution in [2.24, 2.45) is 0 Å². The van der Waals surface area contributed by atoms with E-state index in [0.717, 1.165) is 11.1 Å². The second kappa shape index (κ2) is 8.81. The van der Waals surface area contributed by atoms with Crippen molar-refractivity contribution in [3.63, 3.8) is 0 Å². The standard InChI is InChI=1S/C21H24N4O5/c1-21(2,3)30-20(28)22-15-11-14-9-10-16(23-17(14)25-18(15)26)24-19(27)29-12-13-7-5-4-6-8-13/h4-10,15H,11-12H2,1-3H3,(H,22,28)(H2,23,24,25,26,27). The molecule has 1 unspecified atom stereocenters. The topological polar surface area (TPSA) is 119 Å². The number of pyridine rings is 1. The molecule has 0 saturated heterocycles. The fraction of sp³-hybridized carbons (Fsp3) is 0.333. The number of benzene rings is 1. The fourth-order valence-electron chi connectivity index (χ4n) is 2.78. The second-order valence-corrected chi connectivity index (χ2v) is 7.78. The van der Waals surface area contributed by atoms with Gasteiger partial charge in [-0.2, -0.15) is 0 Å². The van der Waals surface area contributed by atoms with Crippen LogP contribution in [0.2, 0.25) is 0 Å². The maximum absolute atomic E-state index is 12.3. The van der Waals surface area contributed by atoms with E-state index in [2.05, 4.69) is 20.9 Å². The molecular formula is C21H24N4O5. The first-order valence-corrected chi connectivity index (χ1v) is 9.47. The molecule has 2 aromatic rings. The van der Waals surface area contributed by atoms with Crippen molar-refractivity contribution in [2.45, 2.75) is 45.4 Å². The highest BCUT2D eigenvalue weighted by molar-refractivity contribution is 5.99. The van der Waals surface area contributed by atoms with E-state index < -0.39 is 29.7 Å². The molecule has 30 heavy (non-hydrogen) atoms. The Morgan fingerprint density at radius 1 is 1.13 bits per heavy atom. The maximum Gasteiger partial charge on any atom is 0.413 e. The average Bonchev–Trinajstić information content (AvgIpc) is 2.66. The predicted octanol–water partition coefficient (Wildman–Crippen LogP) is 3.22. The summed E-state index contributed by atoms with van der Waals surface area (Å²) in [5.74, 6) is 0.151. The van der Waals surface area contributed by atoms with E-state index in [1.807, 2.05) is 30.3 Å². The molecule has 158 valence electrons. The molecule has 1 aromatic carbocycles. The average molecular weight is 412 g/mol. The highest BCUT2D eigenvalue weighted by atomic mass is 16.6. The van der Waals surface area contributed by atoms with Crippen molar-refractivity contribution >= 4 is 29.7 Å². The van der Waals surface area contributed by atoms with Gasteiger partial charge >= 0.3 is 12.2 Å². The van der Waals surface area contributed by atoms with Crippen LogP contribution in [0.4, 0.5) is 21.2 Å². The van der Waals surface area contributed by atoms with Crippen LogP contribution in [0.5, 0.6) is 0 Å². The third-order valence-electron chi connectivity index (χ3n) is 4.09. The zero-order valence-electron chi connectivity index (χ0n) is 17.0. The molecule has 9 nitrogen and oxygen atoms in total. The monoisotopic (exact) mass is 412 g/mol. The first-order valence-electron chi connectivity index (χ1n) is 9.47. The lowest BCUT2D eigenvalue weighted by Gasteiger charge is -2.26. The number of nitrogens with zero attached hydrogens (tertiary/aromatic N) is 1. The largest absolute Gasteiger partial charge is 0.444 e. The number of ether oxygens (including phenoxy) is 2. The van der Waals surface area contributed by atoms with Gasteiger partial charge in [-0.15, -0.1) is 0 Å². The predicted molar refractivity (Wildman–Crippen MR) is 110 cm³/mol. The lowest BCUT2D eigenvalue weighted by Crippen LogP contribution is -2.49. The number of amides is 3.